The number of hydrogen-bond acceptors (Lipinski definition) is 5. The van der Waals surface area contributed by atoms with Crippen molar-refractivity contribution in [1.29, 1.82) is 5.26 Å². The van der Waals surface area contributed by atoms with E-state index in [0.29, 0.717) is 25.3 Å². The number of halogens is 1. The summed E-state index contributed by atoms with van der Waals surface area (Å²) in [5.41, 5.74) is 0.791. The minimum absolute atomic E-state index is 0.0364. The fourth-order valence-electron chi connectivity index (χ4n) is 4.15. The number of anilines is 1. The lowest BCUT2D eigenvalue weighted by Crippen LogP contribution is -2.41. The molecule has 0 aromatic carbocycles. The Labute approximate surface area is 197 Å². The maximum atomic E-state index is 13.0. The van der Waals surface area contributed by atoms with Crippen LogP contribution < -0.4 is 10.6 Å². The largest absolute Gasteiger partial charge is 0.353 e. The molecule has 1 saturated carbocycles. The van der Waals surface area contributed by atoms with Gasteiger partial charge < -0.3 is 10.6 Å². The maximum absolute atomic E-state index is 13.0. The summed E-state index contributed by atoms with van der Waals surface area (Å²) in [5, 5.41) is 14.9. The molecule has 2 rings (SSSR count). The Kier molecular flexibility index (Phi) is 12.1. The molecule has 1 unspecified atom stereocenters. The Bertz CT molecular complexity index is 853. The first-order chi connectivity index (χ1) is 16.0. The molecule has 1 aromatic heterocycles. The first kappa shape index (κ1) is 27.0. The van der Waals surface area contributed by atoms with Crippen molar-refractivity contribution < 1.29 is 12.8 Å². The number of sulfonamides is 1. The second-order valence-electron chi connectivity index (χ2n) is 8.56. The molecule has 1 atom stereocenters. The lowest BCUT2D eigenvalue weighted by atomic mass is 10.0. The number of pyridine rings is 1. The van der Waals surface area contributed by atoms with E-state index >= 15 is 0 Å². The van der Waals surface area contributed by atoms with Crippen molar-refractivity contribution in [1.82, 2.24) is 14.6 Å². The molecular weight excluding hydrogens is 443 g/mol. The molecule has 1 aliphatic rings. The zero-order chi connectivity index (χ0) is 23.9. The molecule has 0 bridgehead atoms. The molecule has 0 amide bonds. The molecule has 0 spiro atoms. The van der Waals surface area contributed by atoms with Gasteiger partial charge in [0.1, 0.15) is 6.67 Å². The monoisotopic (exact) mass is 480 g/mol. The summed E-state index contributed by atoms with van der Waals surface area (Å²) >= 11 is 0. The molecule has 10 heteroatoms. The summed E-state index contributed by atoms with van der Waals surface area (Å²) < 4.78 is 40.1. The van der Waals surface area contributed by atoms with Gasteiger partial charge in [-0.25, -0.2) is 12.8 Å². The van der Waals surface area contributed by atoms with Crippen molar-refractivity contribution in [2.45, 2.75) is 82.4 Å². The normalized spacial score (nSPS) is 16.4. The van der Waals surface area contributed by atoms with E-state index in [9.17, 15) is 12.8 Å². The van der Waals surface area contributed by atoms with Crippen LogP contribution in [0.25, 0.3) is 0 Å². The maximum Gasteiger partial charge on any atom is 0.217 e. The van der Waals surface area contributed by atoms with Crippen molar-refractivity contribution in [2.75, 3.05) is 25.1 Å². The quantitative estimate of drug-likeness (QED) is 0.190. The van der Waals surface area contributed by atoms with Gasteiger partial charge >= 0.3 is 0 Å². The van der Waals surface area contributed by atoms with Crippen LogP contribution in [0.15, 0.2) is 29.5 Å². The van der Waals surface area contributed by atoms with Crippen molar-refractivity contribution in [2.24, 2.45) is 4.99 Å². The molecule has 33 heavy (non-hydrogen) atoms. The number of guanidine groups is 1. The van der Waals surface area contributed by atoms with E-state index in [1.165, 1.54) is 4.31 Å². The number of rotatable bonds is 13. The standard InChI is InChI=1S/C23H37FN6O2S/c1-20(28-23(27-19-25)29-21-12-15-26-16-13-21)9-5-2-3-8-17-30(18-14-24)33(31,32)22-10-6-4-7-11-22/h12-13,15-16,20,22H,2-11,14,17-18H2,1H3,(H2,26,27,28,29). The van der Waals surface area contributed by atoms with Crippen LogP contribution in [-0.4, -0.2) is 54.7 Å². The van der Waals surface area contributed by atoms with Gasteiger partial charge in [0.15, 0.2) is 0 Å². The molecule has 1 aromatic rings. The summed E-state index contributed by atoms with van der Waals surface area (Å²) in [4.78, 5) is 7.76. The summed E-state index contributed by atoms with van der Waals surface area (Å²) in [6.45, 7) is 1.74. The lowest BCUT2D eigenvalue weighted by Gasteiger charge is -2.29. The summed E-state index contributed by atoms with van der Waals surface area (Å²) in [5.74, 6) is 0.394. The van der Waals surface area contributed by atoms with Gasteiger partial charge in [-0.15, -0.1) is 4.99 Å². The number of nitrogens with one attached hydrogen (secondary N) is 2. The average Bonchev–Trinajstić information content (AvgIpc) is 2.82. The van der Waals surface area contributed by atoms with Gasteiger partial charge in [0.2, 0.25) is 22.2 Å². The summed E-state index contributed by atoms with van der Waals surface area (Å²) in [6, 6.07) is 3.70. The van der Waals surface area contributed by atoms with Crippen LogP contribution in [0.2, 0.25) is 0 Å². The summed E-state index contributed by atoms with van der Waals surface area (Å²) in [6.07, 6.45) is 13.9. The molecule has 1 fully saturated rings. The Balaban J connectivity index is 1.69. The van der Waals surface area contributed by atoms with E-state index in [1.54, 1.807) is 30.7 Å². The fourth-order valence-corrected chi connectivity index (χ4v) is 6.21. The van der Waals surface area contributed by atoms with Gasteiger partial charge in [-0.2, -0.15) is 9.57 Å². The predicted octanol–water partition coefficient (Wildman–Crippen LogP) is 4.19. The van der Waals surface area contributed by atoms with E-state index in [0.717, 1.165) is 57.1 Å². The molecular formula is C23H37FN6O2S. The van der Waals surface area contributed by atoms with E-state index in [4.69, 9.17) is 5.26 Å². The minimum atomic E-state index is -3.40. The zero-order valence-electron chi connectivity index (χ0n) is 19.5. The van der Waals surface area contributed by atoms with Gasteiger partial charge in [0.05, 0.1) is 5.25 Å². The molecule has 184 valence electrons. The van der Waals surface area contributed by atoms with Gasteiger partial charge in [-0.3, -0.25) is 4.98 Å². The minimum Gasteiger partial charge on any atom is -0.353 e. The number of hydrogen-bond donors (Lipinski definition) is 2. The highest BCUT2D eigenvalue weighted by atomic mass is 32.2. The third kappa shape index (κ3) is 9.64. The van der Waals surface area contributed by atoms with E-state index in [1.807, 2.05) is 6.92 Å². The zero-order valence-corrected chi connectivity index (χ0v) is 20.4. The van der Waals surface area contributed by atoms with Crippen molar-refractivity contribution >= 4 is 21.7 Å². The molecule has 2 N–H and O–H groups in total. The number of nitriles is 1. The highest BCUT2D eigenvalue weighted by Crippen LogP contribution is 2.26. The van der Waals surface area contributed by atoms with Crippen molar-refractivity contribution in [3.8, 4) is 6.19 Å². The first-order valence-corrected chi connectivity index (χ1v) is 13.4. The average molecular weight is 481 g/mol. The second kappa shape index (κ2) is 14.8. The Morgan fingerprint density at radius 3 is 2.58 bits per heavy atom. The molecule has 0 aliphatic heterocycles. The van der Waals surface area contributed by atoms with Crippen molar-refractivity contribution in [3.05, 3.63) is 24.5 Å². The topological polar surface area (TPSA) is 110 Å². The van der Waals surface area contributed by atoms with Crippen LogP contribution in [0.5, 0.6) is 0 Å². The van der Waals surface area contributed by atoms with Gasteiger partial charge in [-0.1, -0.05) is 38.5 Å². The van der Waals surface area contributed by atoms with Gasteiger partial charge in [0.25, 0.3) is 0 Å². The number of unbranched alkanes of at least 4 members (excludes halogenated alkanes) is 3. The number of alkyl halides is 1. The van der Waals surface area contributed by atoms with Crippen LogP contribution in [0, 0.1) is 11.5 Å². The molecule has 0 saturated heterocycles. The van der Waals surface area contributed by atoms with Crippen molar-refractivity contribution in [3.63, 3.8) is 0 Å². The SMILES string of the molecule is CC(CCCCCCN(CCF)S(=O)(=O)C1CCCCC1)N/C(=N\C#N)Nc1ccncc1. The smallest absolute Gasteiger partial charge is 0.217 e. The molecule has 1 heterocycles. The Morgan fingerprint density at radius 2 is 1.91 bits per heavy atom. The highest BCUT2D eigenvalue weighted by Gasteiger charge is 2.32. The molecule has 1 aliphatic carbocycles. The van der Waals surface area contributed by atoms with Crippen LogP contribution in [0.1, 0.15) is 71.1 Å². The van der Waals surface area contributed by atoms with E-state index in [-0.39, 0.29) is 17.8 Å². The van der Waals surface area contributed by atoms with Gasteiger partial charge in [0, 0.05) is 37.2 Å². The van der Waals surface area contributed by atoms with Crippen LogP contribution in [0.3, 0.4) is 0 Å². The number of aromatic nitrogens is 1. The second-order valence-corrected chi connectivity index (χ2v) is 10.8. The van der Waals surface area contributed by atoms with Crippen LogP contribution in [-0.2, 0) is 10.0 Å². The van der Waals surface area contributed by atoms with E-state index in [2.05, 4.69) is 20.6 Å². The number of nitrogens with zero attached hydrogens (tertiary/aromatic N) is 4. The Morgan fingerprint density at radius 1 is 1.21 bits per heavy atom. The highest BCUT2D eigenvalue weighted by molar-refractivity contribution is 7.89. The van der Waals surface area contributed by atoms with Gasteiger partial charge in [-0.05, 0) is 44.7 Å². The molecule has 8 nitrogen and oxygen atoms in total. The van der Waals surface area contributed by atoms with E-state index < -0.39 is 16.7 Å². The van der Waals surface area contributed by atoms with Crippen LogP contribution >= 0.6 is 0 Å². The lowest BCUT2D eigenvalue weighted by molar-refractivity contribution is 0.338. The number of aliphatic imine (C=N–C) groups is 1. The fraction of sp³-hybridized carbons (Fsp3) is 0.696. The third-order valence-electron chi connectivity index (χ3n) is 5.95. The summed E-state index contributed by atoms with van der Waals surface area (Å²) in [7, 11) is -3.40. The third-order valence-corrected chi connectivity index (χ3v) is 8.35. The van der Waals surface area contributed by atoms with Crippen LogP contribution in [0.4, 0.5) is 10.1 Å². The Hall–Kier alpha value is -2.25. The first-order valence-electron chi connectivity index (χ1n) is 11.9. The molecule has 0 radical (unpaired) electrons. The predicted molar refractivity (Wildman–Crippen MR) is 130 cm³/mol.